The summed E-state index contributed by atoms with van der Waals surface area (Å²) < 4.78 is 5.53. The average molecular weight is 277 g/mol. The number of hydrogen-bond acceptors (Lipinski definition) is 3. The first-order valence-electron chi connectivity index (χ1n) is 6.47. The van der Waals surface area contributed by atoms with Gasteiger partial charge in [0.25, 0.3) is 0 Å². The molecule has 1 unspecified atom stereocenters. The van der Waals surface area contributed by atoms with Crippen molar-refractivity contribution < 1.29 is 9.53 Å². The van der Waals surface area contributed by atoms with E-state index in [-0.39, 0.29) is 35.2 Å². The van der Waals surface area contributed by atoms with Gasteiger partial charge in [-0.3, -0.25) is 4.79 Å². The van der Waals surface area contributed by atoms with Gasteiger partial charge in [0.2, 0.25) is 5.91 Å². The Balaban J connectivity index is 0.00000162. The molecule has 1 aliphatic heterocycles. The number of nitrogens with one attached hydrogen (secondary N) is 2. The SMILES string of the molecule is CC1(C)C(NC(=O)CC2CNCCO2)C1(C)C.Cl. The van der Waals surface area contributed by atoms with E-state index in [1.54, 1.807) is 0 Å². The molecule has 1 heterocycles. The fourth-order valence-electron chi connectivity index (χ4n) is 2.73. The Morgan fingerprint density at radius 3 is 2.39 bits per heavy atom. The highest BCUT2D eigenvalue weighted by molar-refractivity contribution is 5.85. The first-order valence-corrected chi connectivity index (χ1v) is 6.47. The van der Waals surface area contributed by atoms with Crippen molar-refractivity contribution in [1.29, 1.82) is 0 Å². The molecule has 0 spiro atoms. The molecule has 1 saturated heterocycles. The van der Waals surface area contributed by atoms with Gasteiger partial charge in [-0.05, 0) is 10.8 Å². The number of halogens is 1. The second kappa shape index (κ2) is 5.35. The first-order chi connectivity index (χ1) is 7.85. The number of carbonyl (C=O) groups excluding carboxylic acids is 1. The van der Waals surface area contributed by atoms with Crippen molar-refractivity contribution in [3.63, 3.8) is 0 Å². The summed E-state index contributed by atoms with van der Waals surface area (Å²) in [6.45, 7) is 11.2. The number of carbonyl (C=O) groups is 1. The molecular weight excluding hydrogens is 252 g/mol. The molecule has 106 valence electrons. The van der Waals surface area contributed by atoms with Gasteiger partial charge in [0, 0.05) is 19.1 Å². The van der Waals surface area contributed by atoms with Crippen LogP contribution in [0.5, 0.6) is 0 Å². The minimum absolute atomic E-state index is 0. The Morgan fingerprint density at radius 2 is 1.94 bits per heavy atom. The quantitative estimate of drug-likeness (QED) is 0.818. The van der Waals surface area contributed by atoms with Crippen LogP contribution < -0.4 is 10.6 Å². The molecule has 0 aromatic carbocycles. The predicted octanol–water partition coefficient (Wildman–Crippen LogP) is 1.34. The van der Waals surface area contributed by atoms with Crippen molar-refractivity contribution in [2.24, 2.45) is 10.8 Å². The number of hydrogen-bond donors (Lipinski definition) is 2. The Kier molecular flexibility index (Phi) is 4.68. The molecule has 5 heteroatoms. The van der Waals surface area contributed by atoms with Crippen LogP contribution in [0.3, 0.4) is 0 Å². The number of amides is 1. The van der Waals surface area contributed by atoms with E-state index in [1.165, 1.54) is 0 Å². The summed E-state index contributed by atoms with van der Waals surface area (Å²) in [6, 6.07) is 0.291. The second-order valence-corrected chi connectivity index (χ2v) is 6.34. The maximum Gasteiger partial charge on any atom is 0.222 e. The lowest BCUT2D eigenvalue weighted by Crippen LogP contribution is -2.42. The van der Waals surface area contributed by atoms with Gasteiger partial charge in [-0.2, -0.15) is 0 Å². The van der Waals surface area contributed by atoms with Gasteiger partial charge >= 0.3 is 0 Å². The van der Waals surface area contributed by atoms with Crippen LogP contribution in [0.1, 0.15) is 34.1 Å². The van der Waals surface area contributed by atoms with Gasteiger partial charge in [0.05, 0.1) is 19.1 Å². The molecule has 2 fully saturated rings. The van der Waals surface area contributed by atoms with Gasteiger partial charge in [-0.25, -0.2) is 0 Å². The molecule has 1 saturated carbocycles. The van der Waals surface area contributed by atoms with Crippen molar-refractivity contribution in [2.45, 2.75) is 46.3 Å². The molecule has 1 amide bonds. The standard InChI is InChI=1S/C13H24N2O2.ClH/c1-12(2)11(13(12,3)4)15-10(16)7-9-8-14-5-6-17-9;/h9,11,14H,5-8H2,1-4H3,(H,15,16);1H. The third-order valence-electron chi connectivity index (χ3n) is 4.74. The summed E-state index contributed by atoms with van der Waals surface area (Å²) in [5, 5.41) is 6.37. The van der Waals surface area contributed by atoms with Crippen LogP contribution >= 0.6 is 12.4 Å². The highest BCUT2D eigenvalue weighted by Gasteiger charge is 2.65. The van der Waals surface area contributed by atoms with Crippen LogP contribution in [0.4, 0.5) is 0 Å². The lowest BCUT2D eigenvalue weighted by molar-refractivity contribution is -0.124. The Labute approximate surface area is 116 Å². The van der Waals surface area contributed by atoms with Crippen LogP contribution in [0.25, 0.3) is 0 Å². The maximum atomic E-state index is 11.9. The first kappa shape index (κ1) is 15.7. The molecule has 1 aliphatic carbocycles. The van der Waals surface area contributed by atoms with Crippen molar-refractivity contribution in [3.05, 3.63) is 0 Å². The molecule has 1 atom stereocenters. The van der Waals surface area contributed by atoms with Gasteiger partial charge in [0.1, 0.15) is 0 Å². The third-order valence-corrected chi connectivity index (χ3v) is 4.74. The number of ether oxygens (including phenoxy) is 1. The van der Waals surface area contributed by atoms with E-state index in [1.807, 2.05) is 0 Å². The van der Waals surface area contributed by atoms with Gasteiger partial charge in [-0.15, -0.1) is 12.4 Å². The zero-order valence-corrected chi connectivity index (χ0v) is 12.5. The lowest BCUT2D eigenvalue weighted by atomic mass is 10.0. The van der Waals surface area contributed by atoms with E-state index in [0.29, 0.717) is 19.1 Å². The molecule has 0 aromatic rings. The maximum absolute atomic E-state index is 11.9. The minimum Gasteiger partial charge on any atom is -0.375 e. The van der Waals surface area contributed by atoms with Crippen LogP contribution in [-0.2, 0) is 9.53 Å². The molecular formula is C13H25ClN2O2. The van der Waals surface area contributed by atoms with Gasteiger partial charge in [-0.1, -0.05) is 27.7 Å². The average Bonchev–Trinajstić information content (AvgIpc) is 2.62. The fourth-order valence-corrected chi connectivity index (χ4v) is 2.73. The molecule has 18 heavy (non-hydrogen) atoms. The molecule has 2 rings (SSSR count). The largest absolute Gasteiger partial charge is 0.375 e. The zero-order valence-electron chi connectivity index (χ0n) is 11.7. The zero-order chi connectivity index (χ0) is 12.7. The van der Waals surface area contributed by atoms with Gasteiger partial charge < -0.3 is 15.4 Å². The Hall–Kier alpha value is -0.320. The topological polar surface area (TPSA) is 50.4 Å². The van der Waals surface area contributed by atoms with E-state index < -0.39 is 0 Å². The monoisotopic (exact) mass is 276 g/mol. The summed E-state index contributed by atoms with van der Waals surface area (Å²) in [4.78, 5) is 11.9. The van der Waals surface area contributed by atoms with Crippen molar-refractivity contribution >= 4 is 18.3 Å². The van der Waals surface area contributed by atoms with E-state index in [0.717, 1.165) is 13.1 Å². The predicted molar refractivity (Wildman–Crippen MR) is 74.0 cm³/mol. The van der Waals surface area contributed by atoms with E-state index in [2.05, 4.69) is 38.3 Å². The summed E-state index contributed by atoms with van der Waals surface area (Å²) in [6.07, 6.45) is 0.504. The van der Waals surface area contributed by atoms with Crippen molar-refractivity contribution in [1.82, 2.24) is 10.6 Å². The normalized spacial score (nSPS) is 29.2. The lowest BCUT2D eigenvalue weighted by Gasteiger charge is -2.23. The Bertz CT molecular complexity index is 298. The van der Waals surface area contributed by atoms with Crippen LogP contribution in [-0.4, -0.2) is 37.7 Å². The number of morpholine rings is 1. The summed E-state index contributed by atoms with van der Waals surface area (Å²) in [5.74, 6) is 0.113. The Morgan fingerprint density at radius 1 is 1.33 bits per heavy atom. The molecule has 2 N–H and O–H groups in total. The molecule has 0 radical (unpaired) electrons. The van der Waals surface area contributed by atoms with Gasteiger partial charge in [0.15, 0.2) is 0 Å². The van der Waals surface area contributed by atoms with E-state index in [4.69, 9.17) is 4.74 Å². The number of rotatable bonds is 3. The summed E-state index contributed by atoms with van der Waals surface area (Å²) in [5.41, 5.74) is 0.405. The van der Waals surface area contributed by atoms with Crippen molar-refractivity contribution in [3.8, 4) is 0 Å². The molecule has 4 nitrogen and oxygen atoms in total. The summed E-state index contributed by atoms with van der Waals surface area (Å²) in [7, 11) is 0. The van der Waals surface area contributed by atoms with E-state index >= 15 is 0 Å². The minimum atomic E-state index is 0. The third kappa shape index (κ3) is 2.81. The summed E-state index contributed by atoms with van der Waals surface area (Å²) >= 11 is 0. The highest BCUT2D eigenvalue weighted by Crippen LogP contribution is 2.62. The van der Waals surface area contributed by atoms with Crippen LogP contribution in [0.2, 0.25) is 0 Å². The second-order valence-electron chi connectivity index (χ2n) is 6.34. The van der Waals surface area contributed by atoms with Crippen LogP contribution in [0, 0.1) is 10.8 Å². The fraction of sp³-hybridized carbons (Fsp3) is 0.923. The highest BCUT2D eigenvalue weighted by atomic mass is 35.5. The smallest absolute Gasteiger partial charge is 0.222 e. The molecule has 0 bridgehead atoms. The van der Waals surface area contributed by atoms with Crippen LogP contribution in [0.15, 0.2) is 0 Å². The molecule has 2 aliphatic rings. The van der Waals surface area contributed by atoms with Crippen molar-refractivity contribution in [2.75, 3.05) is 19.7 Å². The molecule has 0 aromatic heterocycles. The van der Waals surface area contributed by atoms with E-state index in [9.17, 15) is 4.79 Å².